The first-order chi connectivity index (χ1) is 20.8. The molecule has 3 unspecified atom stereocenters. The van der Waals surface area contributed by atoms with Gasteiger partial charge in [-0.15, -0.1) is 24.9 Å². The second kappa shape index (κ2) is 13.3. The number of amides is 3. The number of rotatable bonds is 13. The summed E-state index contributed by atoms with van der Waals surface area (Å²) in [6.07, 6.45) is 4.71. The summed E-state index contributed by atoms with van der Waals surface area (Å²) >= 11 is 1.66. The average Bonchev–Trinajstić information content (AvgIpc) is 3.56. The zero-order valence-electron chi connectivity index (χ0n) is 27.5. The monoisotopic (exact) mass is 625 g/mol. The molecule has 8 nitrogen and oxygen atoms in total. The number of nitrogens with zero attached hydrogens (tertiary/aromatic N) is 3. The van der Waals surface area contributed by atoms with E-state index in [1.165, 1.54) is 0 Å². The van der Waals surface area contributed by atoms with Gasteiger partial charge in [0.2, 0.25) is 17.7 Å². The van der Waals surface area contributed by atoms with Gasteiger partial charge in [-0.2, -0.15) is 0 Å². The summed E-state index contributed by atoms with van der Waals surface area (Å²) < 4.78 is 4.83. The molecule has 3 saturated heterocycles. The van der Waals surface area contributed by atoms with Gasteiger partial charge < -0.3 is 24.5 Å². The lowest BCUT2D eigenvalue weighted by molar-refractivity contribution is -0.148. The van der Waals surface area contributed by atoms with Crippen LogP contribution in [0, 0.1) is 23.7 Å². The molecular formula is C35H51N3O5S. The zero-order valence-corrected chi connectivity index (χ0v) is 28.3. The SMILES string of the molecule is C=CCN(C(=O)[C@@H]1[C@@H]2CC(C)C3(S2)C(C(=O)N(CC=C)C(C)(C)C)N([C@@H](CO)CC(C)C)C(=O)[C@H]13)c1ccc(OCC)cc1. The highest BCUT2D eigenvalue weighted by molar-refractivity contribution is 8.02. The number of aliphatic hydroxyl groups is 1. The van der Waals surface area contributed by atoms with E-state index in [1.54, 1.807) is 38.6 Å². The molecule has 3 aliphatic rings. The topological polar surface area (TPSA) is 90.4 Å². The standard InChI is InChI=1S/C35H51N3O5S/c1-10-17-36(24-13-15-26(16-14-24)43-12-3)31(40)28-27-20-23(6)35(44-27)29(28)32(41)38(25(21-39)19-22(4)5)30(35)33(42)37(18-11-2)34(7,8)9/h10-11,13-16,22-23,25,27-30,39H,1-2,12,17-21H2,3-9H3/t23?,25-,27+,28-,29+,30?,35?/m1/s1. The van der Waals surface area contributed by atoms with Gasteiger partial charge >= 0.3 is 0 Å². The molecule has 4 rings (SSSR count). The zero-order chi connectivity index (χ0) is 32.6. The first kappa shape index (κ1) is 34.1. The number of likely N-dealkylation sites (tertiary alicyclic amines) is 1. The fourth-order valence-electron chi connectivity index (χ4n) is 7.73. The quantitative estimate of drug-likeness (QED) is 0.305. The third kappa shape index (κ3) is 5.82. The molecule has 3 amide bonds. The molecule has 1 aromatic rings. The summed E-state index contributed by atoms with van der Waals surface area (Å²) in [6.45, 7) is 22.9. The van der Waals surface area contributed by atoms with Gasteiger partial charge in [0.25, 0.3) is 0 Å². The first-order valence-electron chi connectivity index (χ1n) is 16.0. The second-order valence-corrected chi connectivity index (χ2v) is 15.4. The molecule has 0 saturated carbocycles. The van der Waals surface area contributed by atoms with Gasteiger partial charge in [0.15, 0.2) is 0 Å². The van der Waals surface area contributed by atoms with Crippen LogP contribution in [0.4, 0.5) is 5.69 Å². The van der Waals surface area contributed by atoms with Crippen LogP contribution in [0.15, 0.2) is 49.6 Å². The van der Waals surface area contributed by atoms with Gasteiger partial charge in [0.1, 0.15) is 11.8 Å². The molecule has 2 bridgehead atoms. The molecule has 3 fully saturated rings. The van der Waals surface area contributed by atoms with E-state index >= 15 is 0 Å². The van der Waals surface area contributed by atoms with Crippen LogP contribution in [0.2, 0.25) is 0 Å². The molecule has 1 spiro atoms. The molecule has 0 aromatic heterocycles. The van der Waals surface area contributed by atoms with E-state index in [2.05, 4.69) is 33.9 Å². The van der Waals surface area contributed by atoms with Crippen LogP contribution in [0.25, 0.3) is 0 Å². The minimum Gasteiger partial charge on any atom is -0.494 e. The van der Waals surface area contributed by atoms with Crippen molar-refractivity contribution in [3.05, 3.63) is 49.6 Å². The minimum atomic E-state index is -0.795. The van der Waals surface area contributed by atoms with Crippen LogP contribution < -0.4 is 9.64 Å². The van der Waals surface area contributed by atoms with Crippen molar-refractivity contribution >= 4 is 35.2 Å². The molecule has 3 heterocycles. The molecular weight excluding hydrogens is 574 g/mol. The third-order valence-electron chi connectivity index (χ3n) is 9.47. The minimum absolute atomic E-state index is 0.0247. The van der Waals surface area contributed by atoms with Gasteiger partial charge in [0, 0.05) is 29.6 Å². The van der Waals surface area contributed by atoms with Crippen molar-refractivity contribution in [2.45, 2.75) is 88.9 Å². The lowest BCUT2D eigenvalue weighted by Gasteiger charge is -2.45. The highest BCUT2D eigenvalue weighted by Gasteiger charge is 2.77. The van der Waals surface area contributed by atoms with E-state index in [4.69, 9.17) is 4.74 Å². The highest BCUT2D eigenvalue weighted by Crippen LogP contribution is 2.69. The molecule has 1 aromatic carbocycles. The molecule has 1 N–H and O–H groups in total. The number of thioether (sulfide) groups is 1. The Kier molecular flexibility index (Phi) is 10.3. The average molecular weight is 626 g/mol. The molecule has 9 heteroatoms. The van der Waals surface area contributed by atoms with Crippen molar-refractivity contribution in [2.24, 2.45) is 23.7 Å². The smallest absolute Gasteiger partial charge is 0.247 e. The molecule has 3 aliphatic heterocycles. The van der Waals surface area contributed by atoms with Gasteiger partial charge in [0.05, 0.1) is 35.8 Å². The van der Waals surface area contributed by atoms with Crippen LogP contribution >= 0.6 is 11.8 Å². The summed E-state index contributed by atoms with van der Waals surface area (Å²) in [4.78, 5) is 49.4. The predicted molar refractivity (Wildman–Crippen MR) is 178 cm³/mol. The summed E-state index contributed by atoms with van der Waals surface area (Å²) in [5, 5.41) is 10.6. The van der Waals surface area contributed by atoms with Crippen LogP contribution in [-0.4, -0.2) is 86.6 Å². The van der Waals surface area contributed by atoms with Gasteiger partial charge in [-0.3, -0.25) is 14.4 Å². The lowest BCUT2D eigenvalue weighted by Crippen LogP contribution is -2.62. The summed E-state index contributed by atoms with van der Waals surface area (Å²) in [6, 6.07) is 6.09. The van der Waals surface area contributed by atoms with E-state index in [1.807, 2.05) is 52.0 Å². The Hall–Kier alpha value is -2.78. The highest BCUT2D eigenvalue weighted by atomic mass is 32.2. The second-order valence-electron chi connectivity index (χ2n) is 13.8. The fraction of sp³-hybridized carbons (Fsp3) is 0.629. The molecule has 0 aliphatic carbocycles. The summed E-state index contributed by atoms with van der Waals surface area (Å²) in [5.41, 5.74) is 0.191. The van der Waals surface area contributed by atoms with E-state index in [-0.39, 0.29) is 41.4 Å². The first-order valence-corrected chi connectivity index (χ1v) is 16.8. The van der Waals surface area contributed by atoms with Crippen LogP contribution in [0.5, 0.6) is 5.75 Å². The molecule has 44 heavy (non-hydrogen) atoms. The summed E-state index contributed by atoms with van der Waals surface area (Å²) in [7, 11) is 0. The molecule has 7 atom stereocenters. The third-order valence-corrected chi connectivity index (χ3v) is 11.6. The largest absolute Gasteiger partial charge is 0.494 e. The van der Waals surface area contributed by atoms with Crippen molar-refractivity contribution in [2.75, 3.05) is 31.2 Å². The predicted octanol–water partition coefficient (Wildman–Crippen LogP) is 5.16. The van der Waals surface area contributed by atoms with Crippen molar-refractivity contribution in [1.29, 1.82) is 0 Å². The number of anilines is 1. The van der Waals surface area contributed by atoms with Crippen LogP contribution in [-0.2, 0) is 14.4 Å². The van der Waals surface area contributed by atoms with Gasteiger partial charge in [-0.05, 0) is 76.6 Å². The Morgan fingerprint density at radius 2 is 1.80 bits per heavy atom. The lowest BCUT2D eigenvalue weighted by atomic mass is 9.65. The normalized spacial score (nSPS) is 28.2. The maximum atomic E-state index is 14.8. The fourth-order valence-corrected chi connectivity index (χ4v) is 10.1. The van der Waals surface area contributed by atoms with Gasteiger partial charge in [-0.1, -0.05) is 32.9 Å². The maximum Gasteiger partial charge on any atom is 0.247 e. The van der Waals surface area contributed by atoms with E-state index in [9.17, 15) is 19.5 Å². The van der Waals surface area contributed by atoms with Crippen LogP contribution in [0.1, 0.15) is 61.3 Å². The van der Waals surface area contributed by atoms with Crippen molar-refractivity contribution in [3.63, 3.8) is 0 Å². The Morgan fingerprint density at radius 1 is 1.16 bits per heavy atom. The Labute approximate surface area is 267 Å². The van der Waals surface area contributed by atoms with E-state index in [0.29, 0.717) is 31.8 Å². The number of ether oxygens (including phenoxy) is 1. The Morgan fingerprint density at radius 3 is 2.32 bits per heavy atom. The molecule has 0 radical (unpaired) electrons. The number of hydrogen-bond acceptors (Lipinski definition) is 6. The van der Waals surface area contributed by atoms with Crippen LogP contribution in [0.3, 0.4) is 0 Å². The Bertz CT molecular complexity index is 1240. The van der Waals surface area contributed by atoms with Crippen molar-refractivity contribution in [1.82, 2.24) is 9.80 Å². The number of fused-ring (bicyclic) bond motifs is 1. The number of hydrogen-bond donors (Lipinski definition) is 1. The van der Waals surface area contributed by atoms with Crippen molar-refractivity contribution < 1.29 is 24.2 Å². The van der Waals surface area contributed by atoms with Gasteiger partial charge in [-0.25, -0.2) is 0 Å². The van der Waals surface area contributed by atoms with E-state index in [0.717, 1.165) is 12.2 Å². The number of benzene rings is 1. The summed E-state index contributed by atoms with van der Waals surface area (Å²) in [5.74, 6) is -0.801. The van der Waals surface area contributed by atoms with E-state index < -0.39 is 34.2 Å². The van der Waals surface area contributed by atoms with Crippen molar-refractivity contribution in [3.8, 4) is 5.75 Å². The number of carbonyl (C=O) groups excluding carboxylic acids is 3. The number of carbonyl (C=O) groups is 3. The number of aliphatic hydroxyl groups excluding tert-OH is 1. The Balaban J connectivity index is 1.83. The molecule has 242 valence electrons. The maximum absolute atomic E-state index is 14.8.